The van der Waals surface area contributed by atoms with E-state index in [1.54, 1.807) is 0 Å². The van der Waals surface area contributed by atoms with Crippen LogP contribution in [0.2, 0.25) is 43.8 Å². The lowest BCUT2D eigenvalue weighted by molar-refractivity contribution is -0.327. The third-order valence-electron chi connectivity index (χ3n) is 5.89. The molecule has 0 aromatic rings. The summed E-state index contributed by atoms with van der Waals surface area (Å²) < 4.78 is 69.3. The Morgan fingerprint density at radius 1 is 1.14 bits per heavy atom. The van der Waals surface area contributed by atoms with Crippen molar-refractivity contribution >= 4 is 22.3 Å². The number of likely N-dealkylation sites (N-methyl/N-ethyl adjacent to an activating group) is 1. The number of rotatable bonds is 8. The Balaban J connectivity index is 2.91. The SMILES string of the molecule is CN(C(=O)C(F)(OCF)C(F)(F)F)C1CCCC([Si](C)(C)CC[Si](C)(C)O)C1. The van der Waals surface area contributed by atoms with Crippen molar-refractivity contribution in [3.05, 3.63) is 0 Å². The van der Waals surface area contributed by atoms with E-state index < -0.39 is 47.2 Å². The largest absolute Gasteiger partial charge is 0.458 e. The summed E-state index contributed by atoms with van der Waals surface area (Å²) >= 11 is 0. The molecule has 0 aromatic carbocycles. The zero-order valence-electron chi connectivity index (χ0n) is 17.2. The Morgan fingerprint density at radius 2 is 1.71 bits per heavy atom. The maximum Gasteiger partial charge on any atom is 0.458 e. The molecule has 0 radical (unpaired) electrons. The van der Waals surface area contributed by atoms with Crippen LogP contribution in [0.1, 0.15) is 25.7 Å². The number of alkyl halides is 5. The molecular formula is C17H32F5NO3Si2. The van der Waals surface area contributed by atoms with Gasteiger partial charge in [0, 0.05) is 13.1 Å². The normalized spacial score (nSPS) is 24.0. The molecule has 4 nitrogen and oxygen atoms in total. The Hall–Kier alpha value is -0.526. The Labute approximate surface area is 165 Å². The number of amides is 1. The molecule has 28 heavy (non-hydrogen) atoms. The van der Waals surface area contributed by atoms with Gasteiger partial charge in [-0.3, -0.25) is 9.53 Å². The lowest BCUT2D eigenvalue weighted by atomic mass is 9.93. The van der Waals surface area contributed by atoms with E-state index in [-0.39, 0.29) is 5.54 Å². The van der Waals surface area contributed by atoms with Crippen LogP contribution in [0.5, 0.6) is 0 Å². The predicted molar refractivity (Wildman–Crippen MR) is 103 cm³/mol. The van der Waals surface area contributed by atoms with Crippen molar-refractivity contribution in [1.29, 1.82) is 0 Å². The maximum absolute atomic E-state index is 14.3. The molecular weight excluding hydrogens is 417 g/mol. The fraction of sp³-hybridized carbons (Fsp3) is 0.941. The van der Waals surface area contributed by atoms with E-state index in [0.717, 1.165) is 36.9 Å². The number of hydrogen-bond donors (Lipinski definition) is 1. The van der Waals surface area contributed by atoms with Gasteiger partial charge in [0.2, 0.25) is 0 Å². The molecule has 3 atom stereocenters. The van der Waals surface area contributed by atoms with Gasteiger partial charge in [-0.2, -0.15) is 17.6 Å². The summed E-state index contributed by atoms with van der Waals surface area (Å²) in [5.74, 6) is -6.59. The van der Waals surface area contributed by atoms with Gasteiger partial charge >= 0.3 is 12.0 Å². The van der Waals surface area contributed by atoms with Gasteiger partial charge in [0.15, 0.2) is 15.2 Å². The number of hydrogen-bond acceptors (Lipinski definition) is 3. The first-order chi connectivity index (χ1) is 12.5. The molecule has 1 fully saturated rings. The van der Waals surface area contributed by atoms with Crippen molar-refractivity contribution in [2.45, 2.75) is 87.6 Å². The van der Waals surface area contributed by atoms with Crippen LogP contribution in [0.25, 0.3) is 0 Å². The minimum atomic E-state index is -5.66. The summed E-state index contributed by atoms with van der Waals surface area (Å²) in [5, 5.41) is 0. The summed E-state index contributed by atoms with van der Waals surface area (Å²) in [6.45, 7) is 6.06. The van der Waals surface area contributed by atoms with Crippen molar-refractivity contribution in [3.8, 4) is 0 Å². The van der Waals surface area contributed by atoms with Crippen LogP contribution in [-0.2, 0) is 9.53 Å². The van der Waals surface area contributed by atoms with E-state index in [2.05, 4.69) is 17.8 Å². The minimum absolute atomic E-state index is 0.250. The van der Waals surface area contributed by atoms with E-state index in [4.69, 9.17) is 0 Å². The van der Waals surface area contributed by atoms with Crippen LogP contribution in [0.4, 0.5) is 22.0 Å². The molecule has 0 spiro atoms. The quantitative estimate of drug-likeness (QED) is 0.426. The molecule has 3 unspecified atom stereocenters. The van der Waals surface area contributed by atoms with E-state index in [0.29, 0.717) is 12.8 Å². The fourth-order valence-corrected chi connectivity index (χ4v) is 11.1. The number of ether oxygens (including phenoxy) is 1. The van der Waals surface area contributed by atoms with Gasteiger partial charge in [-0.25, -0.2) is 4.39 Å². The van der Waals surface area contributed by atoms with Gasteiger partial charge in [0.1, 0.15) is 0 Å². The molecule has 11 heteroatoms. The second kappa shape index (κ2) is 9.09. The first kappa shape index (κ1) is 25.5. The van der Waals surface area contributed by atoms with E-state index in [1.807, 2.05) is 13.1 Å². The van der Waals surface area contributed by atoms with Crippen LogP contribution in [0.3, 0.4) is 0 Å². The molecule has 0 aromatic heterocycles. The van der Waals surface area contributed by atoms with Gasteiger partial charge in [0.05, 0.1) is 8.07 Å². The average Bonchev–Trinajstić information content (AvgIpc) is 2.57. The van der Waals surface area contributed by atoms with E-state index in [9.17, 15) is 31.5 Å². The second-order valence-electron chi connectivity index (χ2n) is 9.08. The molecule has 0 aliphatic heterocycles. The molecule has 1 aliphatic rings. The number of carbonyl (C=O) groups is 1. The highest BCUT2D eigenvalue weighted by atomic mass is 28.4. The smallest absolute Gasteiger partial charge is 0.432 e. The van der Waals surface area contributed by atoms with Crippen molar-refractivity contribution in [2.75, 3.05) is 13.9 Å². The Morgan fingerprint density at radius 3 is 2.18 bits per heavy atom. The predicted octanol–water partition coefficient (Wildman–Crippen LogP) is 4.84. The van der Waals surface area contributed by atoms with Gasteiger partial charge < -0.3 is 9.70 Å². The van der Waals surface area contributed by atoms with Crippen molar-refractivity contribution in [2.24, 2.45) is 0 Å². The first-order valence-electron chi connectivity index (χ1n) is 9.50. The molecule has 1 N–H and O–H groups in total. The van der Waals surface area contributed by atoms with Crippen LogP contribution >= 0.6 is 0 Å². The van der Waals surface area contributed by atoms with Crippen LogP contribution in [-0.4, -0.2) is 64.0 Å². The zero-order chi connectivity index (χ0) is 22.0. The number of carbonyl (C=O) groups excluding carboxylic acids is 1. The van der Waals surface area contributed by atoms with E-state index in [1.165, 1.54) is 0 Å². The third kappa shape index (κ3) is 6.23. The summed E-state index contributed by atoms with van der Waals surface area (Å²) in [7, 11) is -2.88. The van der Waals surface area contributed by atoms with Crippen molar-refractivity contribution in [3.63, 3.8) is 0 Å². The molecule has 1 amide bonds. The maximum atomic E-state index is 14.3. The summed E-state index contributed by atoms with van der Waals surface area (Å²) in [6, 6.07) is 1.10. The van der Waals surface area contributed by atoms with Crippen LogP contribution in [0, 0.1) is 0 Å². The molecule has 1 aliphatic carbocycles. The molecule has 0 heterocycles. The molecule has 0 bridgehead atoms. The summed E-state index contributed by atoms with van der Waals surface area (Å²) in [6.07, 6.45) is -3.08. The Kier molecular flexibility index (Phi) is 8.28. The zero-order valence-corrected chi connectivity index (χ0v) is 19.2. The standard InChI is InChI=1S/C17H32F5NO3Si2/c1-23(15(24)16(19,26-12-18)17(20,21)22)13-7-6-8-14(11-13)27(2,3)9-10-28(4,5)25/h13-14,25H,6-12H2,1-5H3. The fourth-order valence-electron chi connectivity index (χ4n) is 3.79. The minimum Gasteiger partial charge on any atom is -0.432 e. The lowest BCUT2D eigenvalue weighted by Gasteiger charge is -2.43. The van der Waals surface area contributed by atoms with Gasteiger partial charge in [-0.1, -0.05) is 32.0 Å². The third-order valence-corrected chi connectivity index (χ3v) is 12.1. The Bertz CT molecular complexity index is 542. The van der Waals surface area contributed by atoms with Crippen LogP contribution < -0.4 is 0 Å². The second-order valence-corrected chi connectivity index (χ2v) is 18.5. The van der Waals surface area contributed by atoms with Gasteiger partial charge in [0.25, 0.3) is 5.91 Å². The number of nitrogens with zero attached hydrogens (tertiary/aromatic N) is 1. The highest BCUT2D eigenvalue weighted by Crippen LogP contribution is 2.43. The van der Waals surface area contributed by atoms with E-state index >= 15 is 0 Å². The highest BCUT2D eigenvalue weighted by molar-refractivity contribution is 6.81. The lowest BCUT2D eigenvalue weighted by Crippen LogP contribution is -2.58. The number of halogens is 5. The molecule has 1 rings (SSSR count). The van der Waals surface area contributed by atoms with Gasteiger partial charge in [-0.05, 0) is 37.5 Å². The molecule has 166 valence electrons. The topological polar surface area (TPSA) is 49.8 Å². The highest BCUT2D eigenvalue weighted by Gasteiger charge is 2.65. The van der Waals surface area contributed by atoms with Crippen LogP contribution in [0.15, 0.2) is 0 Å². The molecule has 0 saturated heterocycles. The van der Waals surface area contributed by atoms with Crippen molar-refractivity contribution in [1.82, 2.24) is 4.90 Å². The summed E-state index contributed by atoms with van der Waals surface area (Å²) in [4.78, 5) is 23.1. The molecule has 1 saturated carbocycles. The monoisotopic (exact) mass is 449 g/mol. The first-order valence-corrected chi connectivity index (χ1v) is 15.9. The van der Waals surface area contributed by atoms with Gasteiger partial charge in [-0.15, -0.1) is 0 Å². The average molecular weight is 450 g/mol. The van der Waals surface area contributed by atoms with Crippen molar-refractivity contribution < 1.29 is 36.3 Å². The summed E-state index contributed by atoms with van der Waals surface area (Å²) in [5.41, 5.74) is 0.250.